The van der Waals surface area contributed by atoms with E-state index in [0.29, 0.717) is 19.3 Å². The van der Waals surface area contributed by atoms with Gasteiger partial charge in [0, 0.05) is 12.8 Å². The van der Waals surface area contributed by atoms with E-state index >= 15 is 0 Å². The third-order valence-electron chi connectivity index (χ3n) is 5.75. The van der Waals surface area contributed by atoms with Crippen LogP contribution in [0.2, 0.25) is 0 Å². The molecule has 0 spiro atoms. The fraction of sp³-hybridized carbons (Fsp3) is 0.440. The zero-order valence-electron chi connectivity index (χ0n) is 20.6. The summed E-state index contributed by atoms with van der Waals surface area (Å²) in [6, 6.07) is 3.94. The van der Waals surface area contributed by atoms with Gasteiger partial charge >= 0.3 is 11.9 Å². The zero-order chi connectivity index (χ0) is 27.3. The molecular weight excluding hydrogens is 476 g/mol. The molecule has 0 radical (unpaired) electrons. The molecule has 2 aromatic carbocycles. The lowest BCUT2D eigenvalue weighted by Gasteiger charge is -2.31. The number of phenols is 6. The molecule has 1 atom stereocenters. The van der Waals surface area contributed by atoms with Gasteiger partial charge in [-0.1, -0.05) is 6.92 Å². The summed E-state index contributed by atoms with van der Waals surface area (Å²) in [6.07, 6.45) is 1.21. The summed E-state index contributed by atoms with van der Waals surface area (Å²) in [4.78, 5) is 24.6. The van der Waals surface area contributed by atoms with Crippen LogP contribution in [0.1, 0.15) is 67.7 Å². The predicted molar refractivity (Wildman–Crippen MR) is 127 cm³/mol. The molecular formula is C25H32O11. The van der Waals surface area contributed by atoms with Gasteiger partial charge in [0.05, 0.1) is 29.9 Å². The van der Waals surface area contributed by atoms with Gasteiger partial charge in [0.2, 0.25) is 0 Å². The van der Waals surface area contributed by atoms with E-state index in [-0.39, 0.29) is 24.3 Å². The van der Waals surface area contributed by atoms with Crippen LogP contribution in [-0.2, 0) is 14.2 Å². The van der Waals surface area contributed by atoms with E-state index in [4.69, 9.17) is 14.2 Å². The van der Waals surface area contributed by atoms with Crippen LogP contribution in [0, 0.1) is 0 Å². The maximum absolute atomic E-state index is 12.4. The number of phenolic OH excluding ortho intramolecular Hbond substituents is 6. The van der Waals surface area contributed by atoms with Gasteiger partial charge in [-0.2, -0.15) is 0 Å². The van der Waals surface area contributed by atoms with Gasteiger partial charge in [0.1, 0.15) is 5.60 Å². The highest BCUT2D eigenvalue weighted by Crippen LogP contribution is 2.37. The molecule has 0 aliphatic heterocycles. The van der Waals surface area contributed by atoms with Crippen molar-refractivity contribution in [1.29, 1.82) is 0 Å². The Morgan fingerprint density at radius 3 is 1.61 bits per heavy atom. The van der Waals surface area contributed by atoms with Gasteiger partial charge < -0.3 is 44.8 Å². The Morgan fingerprint density at radius 2 is 1.17 bits per heavy atom. The molecule has 0 saturated heterocycles. The number of esters is 2. The standard InChI is InChI=1S/C25H32O11/c1-5-25(4,7-8-34-22(32)14-10-16(26)20(30)17(27)11-14)35-9-6-24(2,3)36-23(33)15-12-18(28)21(31)19(29)13-15/h10-13,26-31H,5-9H2,1-4H3. The van der Waals surface area contributed by atoms with Crippen LogP contribution in [0.3, 0.4) is 0 Å². The highest BCUT2D eigenvalue weighted by Gasteiger charge is 2.28. The summed E-state index contributed by atoms with van der Waals surface area (Å²) in [6.45, 7) is 7.25. The number of ether oxygens (including phenoxy) is 3. The lowest BCUT2D eigenvalue weighted by Crippen LogP contribution is -2.34. The molecule has 11 nitrogen and oxygen atoms in total. The molecule has 11 heteroatoms. The Morgan fingerprint density at radius 1 is 0.722 bits per heavy atom. The van der Waals surface area contributed by atoms with E-state index in [1.165, 1.54) is 0 Å². The molecule has 0 heterocycles. The Bertz CT molecular complexity index is 1060. The average molecular weight is 509 g/mol. The number of benzene rings is 2. The highest BCUT2D eigenvalue weighted by molar-refractivity contribution is 5.91. The number of aromatic hydroxyl groups is 6. The number of hydrogen-bond acceptors (Lipinski definition) is 11. The Hall–Kier alpha value is -3.86. The summed E-state index contributed by atoms with van der Waals surface area (Å²) >= 11 is 0. The van der Waals surface area contributed by atoms with Crippen molar-refractivity contribution in [3.05, 3.63) is 35.4 Å². The van der Waals surface area contributed by atoms with Gasteiger partial charge in [0.25, 0.3) is 0 Å². The molecule has 0 saturated carbocycles. The number of carbonyl (C=O) groups is 2. The summed E-state index contributed by atoms with van der Waals surface area (Å²) in [7, 11) is 0. The third-order valence-corrected chi connectivity index (χ3v) is 5.75. The van der Waals surface area contributed by atoms with Gasteiger partial charge in [-0.05, 0) is 51.5 Å². The zero-order valence-corrected chi connectivity index (χ0v) is 20.6. The third kappa shape index (κ3) is 7.32. The first-order valence-corrected chi connectivity index (χ1v) is 11.2. The first kappa shape index (κ1) is 28.4. The molecule has 0 fully saturated rings. The quantitative estimate of drug-likeness (QED) is 0.192. The van der Waals surface area contributed by atoms with Crippen LogP contribution >= 0.6 is 0 Å². The van der Waals surface area contributed by atoms with E-state index in [2.05, 4.69) is 0 Å². The number of hydrogen-bond donors (Lipinski definition) is 6. The van der Waals surface area contributed by atoms with Gasteiger partial charge in [0.15, 0.2) is 34.5 Å². The molecule has 0 bridgehead atoms. The summed E-state index contributed by atoms with van der Waals surface area (Å²) in [5.41, 5.74) is -1.90. The second-order valence-corrected chi connectivity index (χ2v) is 9.16. The van der Waals surface area contributed by atoms with E-state index in [0.717, 1.165) is 24.3 Å². The molecule has 36 heavy (non-hydrogen) atoms. The highest BCUT2D eigenvalue weighted by atomic mass is 16.6. The minimum atomic E-state index is -0.968. The minimum absolute atomic E-state index is 0.0161. The van der Waals surface area contributed by atoms with Crippen molar-refractivity contribution in [1.82, 2.24) is 0 Å². The Kier molecular flexibility index (Phi) is 8.87. The van der Waals surface area contributed by atoms with Crippen molar-refractivity contribution in [2.75, 3.05) is 13.2 Å². The molecule has 0 aliphatic carbocycles. The van der Waals surface area contributed by atoms with E-state index in [1.807, 2.05) is 13.8 Å². The number of carbonyl (C=O) groups excluding carboxylic acids is 2. The summed E-state index contributed by atoms with van der Waals surface area (Å²) in [5.74, 6) is -5.66. The van der Waals surface area contributed by atoms with Gasteiger partial charge in [-0.25, -0.2) is 9.59 Å². The van der Waals surface area contributed by atoms with Crippen molar-refractivity contribution in [2.24, 2.45) is 0 Å². The van der Waals surface area contributed by atoms with Gasteiger partial charge in [-0.3, -0.25) is 0 Å². The van der Waals surface area contributed by atoms with E-state index in [9.17, 15) is 40.2 Å². The van der Waals surface area contributed by atoms with Crippen molar-refractivity contribution in [3.8, 4) is 34.5 Å². The Balaban J connectivity index is 1.87. The first-order chi connectivity index (χ1) is 16.7. The van der Waals surface area contributed by atoms with Crippen molar-refractivity contribution >= 4 is 11.9 Å². The van der Waals surface area contributed by atoms with Crippen LogP contribution in [0.5, 0.6) is 34.5 Å². The topological polar surface area (TPSA) is 183 Å². The van der Waals surface area contributed by atoms with Crippen molar-refractivity contribution in [3.63, 3.8) is 0 Å². The number of rotatable bonds is 11. The lowest BCUT2D eigenvalue weighted by atomic mass is 9.98. The second-order valence-electron chi connectivity index (χ2n) is 9.16. The van der Waals surface area contributed by atoms with Crippen LogP contribution in [-0.4, -0.2) is 67.0 Å². The lowest BCUT2D eigenvalue weighted by molar-refractivity contribution is -0.0744. The first-order valence-electron chi connectivity index (χ1n) is 11.2. The van der Waals surface area contributed by atoms with E-state index in [1.54, 1.807) is 13.8 Å². The normalized spacial score (nSPS) is 13.1. The van der Waals surface area contributed by atoms with Crippen molar-refractivity contribution in [2.45, 2.75) is 58.2 Å². The van der Waals surface area contributed by atoms with E-state index < -0.39 is 57.6 Å². The average Bonchev–Trinajstić information content (AvgIpc) is 2.79. The molecule has 0 aromatic heterocycles. The smallest absolute Gasteiger partial charge is 0.338 e. The Labute approximate surface area is 208 Å². The SMILES string of the molecule is CCC(C)(CCOC(=O)c1cc(O)c(O)c(O)c1)OCCC(C)(C)OC(=O)c1cc(O)c(O)c(O)c1. The fourth-order valence-corrected chi connectivity index (χ4v) is 3.14. The van der Waals surface area contributed by atoms with Crippen LogP contribution in [0.25, 0.3) is 0 Å². The molecule has 0 aliphatic rings. The molecule has 2 aromatic rings. The maximum atomic E-state index is 12.4. The molecule has 0 amide bonds. The maximum Gasteiger partial charge on any atom is 0.338 e. The van der Waals surface area contributed by atoms with Crippen LogP contribution in [0.15, 0.2) is 24.3 Å². The molecule has 2 rings (SSSR count). The second kappa shape index (κ2) is 11.3. The van der Waals surface area contributed by atoms with Gasteiger partial charge in [-0.15, -0.1) is 0 Å². The fourth-order valence-electron chi connectivity index (χ4n) is 3.14. The largest absolute Gasteiger partial charge is 0.504 e. The predicted octanol–water partition coefficient (Wildman–Crippen LogP) is 3.68. The summed E-state index contributed by atoms with van der Waals surface area (Å²) < 4.78 is 16.7. The molecule has 198 valence electrons. The minimum Gasteiger partial charge on any atom is -0.504 e. The van der Waals surface area contributed by atoms with Crippen molar-refractivity contribution < 1.29 is 54.4 Å². The molecule has 1 unspecified atom stereocenters. The van der Waals surface area contributed by atoms with Crippen LogP contribution < -0.4 is 0 Å². The monoisotopic (exact) mass is 508 g/mol. The summed E-state index contributed by atoms with van der Waals surface area (Å²) in [5, 5.41) is 57.1. The van der Waals surface area contributed by atoms with Crippen LogP contribution in [0.4, 0.5) is 0 Å². The molecule has 6 N–H and O–H groups in total.